The lowest BCUT2D eigenvalue weighted by molar-refractivity contribution is 0.0949. The average molecular weight is 526 g/mol. The van der Waals surface area contributed by atoms with Crippen molar-refractivity contribution in [2.75, 3.05) is 5.32 Å². The number of halogens is 2. The molecule has 0 aliphatic carbocycles. The van der Waals surface area contributed by atoms with Crippen LogP contribution >= 0.6 is 0 Å². The maximum atomic E-state index is 14.6. The predicted octanol–water partition coefficient (Wildman–Crippen LogP) is 5.73. The van der Waals surface area contributed by atoms with E-state index in [1.165, 1.54) is 24.4 Å². The number of pyridine rings is 2. The number of aromatic nitrogens is 3. The van der Waals surface area contributed by atoms with Crippen LogP contribution in [0.5, 0.6) is 0 Å². The van der Waals surface area contributed by atoms with Crippen LogP contribution in [0.25, 0.3) is 16.8 Å². The number of amides is 2. The minimum absolute atomic E-state index is 0.0950. The monoisotopic (exact) mass is 525 g/mol. The van der Waals surface area contributed by atoms with E-state index in [-0.39, 0.29) is 29.3 Å². The number of hydrogen-bond donors (Lipinski definition) is 2. The highest BCUT2D eigenvalue weighted by Crippen LogP contribution is 2.22. The van der Waals surface area contributed by atoms with E-state index >= 15 is 0 Å². The fourth-order valence-corrected chi connectivity index (χ4v) is 4.11. The summed E-state index contributed by atoms with van der Waals surface area (Å²) < 4.78 is 29.9. The van der Waals surface area contributed by atoms with Crippen molar-refractivity contribution in [1.29, 1.82) is 0 Å². The molecule has 2 aromatic carbocycles. The smallest absolute Gasteiger partial charge is 0.274 e. The summed E-state index contributed by atoms with van der Waals surface area (Å²) >= 11 is 0. The van der Waals surface area contributed by atoms with Crippen molar-refractivity contribution in [3.05, 3.63) is 119 Å². The summed E-state index contributed by atoms with van der Waals surface area (Å²) in [5.41, 5.74) is 4.65. The Morgan fingerprint density at radius 1 is 0.872 bits per heavy atom. The van der Waals surface area contributed by atoms with Crippen LogP contribution in [0, 0.1) is 18.6 Å². The van der Waals surface area contributed by atoms with E-state index in [9.17, 15) is 18.4 Å². The summed E-state index contributed by atoms with van der Waals surface area (Å²) in [7, 11) is 0. The fourth-order valence-electron chi connectivity index (χ4n) is 4.11. The van der Waals surface area contributed by atoms with Crippen molar-refractivity contribution >= 4 is 23.1 Å². The number of benzene rings is 2. The number of aryl methyl sites for hydroxylation is 2. The molecule has 3 heterocycles. The normalized spacial score (nSPS) is 11.0. The van der Waals surface area contributed by atoms with Crippen molar-refractivity contribution in [2.45, 2.75) is 26.8 Å². The lowest BCUT2D eigenvalue weighted by Crippen LogP contribution is -2.23. The van der Waals surface area contributed by atoms with Crippen molar-refractivity contribution in [3.63, 3.8) is 0 Å². The summed E-state index contributed by atoms with van der Waals surface area (Å²) in [6, 6.07) is 16.0. The molecule has 0 aliphatic rings. The summed E-state index contributed by atoms with van der Waals surface area (Å²) in [5.74, 6) is -2.13. The molecule has 5 aromatic rings. The Labute approximate surface area is 223 Å². The molecule has 0 spiro atoms. The molecule has 0 saturated heterocycles. The number of carbonyl (C=O) groups is 2. The Bertz CT molecular complexity index is 1700. The fraction of sp³-hybridized carbons (Fsp3) is 0.133. The first kappa shape index (κ1) is 25.7. The molecule has 9 heteroatoms. The van der Waals surface area contributed by atoms with Gasteiger partial charge in [0, 0.05) is 35.8 Å². The molecule has 3 aromatic heterocycles. The minimum Gasteiger partial charge on any atom is -0.348 e. The zero-order valence-corrected chi connectivity index (χ0v) is 21.3. The lowest BCUT2D eigenvalue weighted by Gasteiger charge is -2.10. The summed E-state index contributed by atoms with van der Waals surface area (Å²) in [6.07, 6.45) is 5.77. The van der Waals surface area contributed by atoms with Gasteiger partial charge in [0.1, 0.15) is 23.0 Å². The number of carbonyl (C=O) groups excluding carboxylic acids is 2. The van der Waals surface area contributed by atoms with Crippen LogP contribution in [-0.4, -0.2) is 26.2 Å². The van der Waals surface area contributed by atoms with Crippen LogP contribution in [0.2, 0.25) is 0 Å². The molecule has 0 unspecified atom stereocenters. The molecule has 0 radical (unpaired) electrons. The van der Waals surface area contributed by atoms with Crippen molar-refractivity contribution in [1.82, 2.24) is 19.7 Å². The highest BCUT2D eigenvalue weighted by molar-refractivity contribution is 6.04. The third-order valence-corrected chi connectivity index (χ3v) is 6.43. The Morgan fingerprint density at radius 3 is 2.46 bits per heavy atom. The Balaban J connectivity index is 1.31. The Kier molecular flexibility index (Phi) is 7.14. The largest absolute Gasteiger partial charge is 0.348 e. The third kappa shape index (κ3) is 5.52. The van der Waals surface area contributed by atoms with Gasteiger partial charge in [-0.15, -0.1) is 0 Å². The quantitative estimate of drug-likeness (QED) is 0.284. The van der Waals surface area contributed by atoms with Crippen LogP contribution < -0.4 is 10.6 Å². The first-order valence-electron chi connectivity index (χ1n) is 12.4. The first-order chi connectivity index (χ1) is 18.8. The van der Waals surface area contributed by atoms with Gasteiger partial charge in [0.2, 0.25) is 0 Å². The molecule has 2 amide bonds. The molecule has 0 saturated carbocycles. The van der Waals surface area contributed by atoms with Gasteiger partial charge in [-0.05, 0) is 72.5 Å². The van der Waals surface area contributed by atoms with E-state index in [0.717, 1.165) is 29.3 Å². The topological polar surface area (TPSA) is 88.4 Å². The van der Waals surface area contributed by atoms with Crippen LogP contribution in [0.4, 0.5) is 14.5 Å². The molecule has 196 valence electrons. The standard InChI is InChI=1S/C30H25F2N5O2/c1-3-23-8-6-22(16-33-23)20-10-11-37-27(17-34-28(37)14-20)30(39)36-26-13-21(7-9-24(26)31)29(38)35-15-19-5-4-18(2)25(32)12-19/h4-14,16-17H,3,15H2,1-2H3,(H,35,38)(H,36,39). The van der Waals surface area contributed by atoms with Gasteiger partial charge in [-0.1, -0.05) is 25.1 Å². The minimum atomic E-state index is -0.695. The number of anilines is 1. The molecule has 0 atom stereocenters. The Hall–Kier alpha value is -4.92. The van der Waals surface area contributed by atoms with Gasteiger partial charge in [-0.3, -0.25) is 19.0 Å². The van der Waals surface area contributed by atoms with Gasteiger partial charge in [-0.2, -0.15) is 0 Å². The van der Waals surface area contributed by atoms with Crippen LogP contribution in [0.3, 0.4) is 0 Å². The van der Waals surface area contributed by atoms with Gasteiger partial charge in [0.05, 0.1) is 11.9 Å². The van der Waals surface area contributed by atoms with Crippen LogP contribution in [-0.2, 0) is 13.0 Å². The number of nitrogens with one attached hydrogen (secondary N) is 2. The van der Waals surface area contributed by atoms with Gasteiger partial charge in [0.25, 0.3) is 11.8 Å². The summed E-state index contributed by atoms with van der Waals surface area (Å²) in [4.78, 5) is 34.4. The van der Waals surface area contributed by atoms with Crippen LogP contribution in [0.15, 0.2) is 79.3 Å². The van der Waals surface area contributed by atoms with E-state index in [2.05, 4.69) is 20.6 Å². The SMILES string of the molecule is CCc1ccc(-c2ccn3c(C(=O)Nc4cc(C(=O)NCc5ccc(C)c(F)c5)ccc4F)cnc3c2)cn1. The van der Waals surface area contributed by atoms with Crippen molar-refractivity contribution in [3.8, 4) is 11.1 Å². The molecule has 0 aliphatic heterocycles. The molecular formula is C30H25F2N5O2. The average Bonchev–Trinajstić information content (AvgIpc) is 3.38. The second-order valence-corrected chi connectivity index (χ2v) is 9.09. The lowest BCUT2D eigenvalue weighted by atomic mass is 10.1. The third-order valence-electron chi connectivity index (χ3n) is 6.43. The first-order valence-corrected chi connectivity index (χ1v) is 12.4. The molecular weight excluding hydrogens is 500 g/mol. The number of rotatable bonds is 7. The summed E-state index contributed by atoms with van der Waals surface area (Å²) in [6.45, 7) is 3.79. The molecule has 2 N–H and O–H groups in total. The van der Waals surface area contributed by atoms with E-state index in [0.29, 0.717) is 16.8 Å². The molecule has 5 rings (SSSR count). The molecule has 39 heavy (non-hydrogen) atoms. The molecule has 0 fully saturated rings. The van der Waals surface area contributed by atoms with Gasteiger partial charge in [-0.25, -0.2) is 13.8 Å². The van der Waals surface area contributed by atoms with E-state index in [1.54, 1.807) is 35.9 Å². The van der Waals surface area contributed by atoms with E-state index < -0.39 is 17.6 Å². The number of fused-ring (bicyclic) bond motifs is 1. The van der Waals surface area contributed by atoms with Gasteiger partial charge >= 0.3 is 0 Å². The highest BCUT2D eigenvalue weighted by Gasteiger charge is 2.17. The maximum absolute atomic E-state index is 14.6. The van der Waals surface area contributed by atoms with Crippen molar-refractivity contribution in [2.24, 2.45) is 0 Å². The Morgan fingerprint density at radius 2 is 1.72 bits per heavy atom. The second kappa shape index (κ2) is 10.8. The number of hydrogen-bond acceptors (Lipinski definition) is 4. The zero-order valence-electron chi connectivity index (χ0n) is 21.3. The zero-order chi connectivity index (χ0) is 27.5. The van der Waals surface area contributed by atoms with E-state index in [1.807, 2.05) is 31.2 Å². The highest BCUT2D eigenvalue weighted by atomic mass is 19.1. The van der Waals surface area contributed by atoms with Crippen LogP contribution in [0.1, 0.15) is 44.6 Å². The predicted molar refractivity (Wildman–Crippen MR) is 144 cm³/mol. The van der Waals surface area contributed by atoms with Gasteiger partial charge < -0.3 is 10.6 Å². The van der Waals surface area contributed by atoms with Gasteiger partial charge in [0.15, 0.2) is 0 Å². The number of nitrogens with zero attached hydrogens (tertiary/aromatic N) is 3. The second-order valence-electron chi connectivity index (χ2n) is 9.09. The number of imidazole rings is 1. The molecule has 0 bridgehead atoms. The summed E-state index contributed by atoms with van der Waals surface area (Å²) in [5, 5.41) is 5.21. The van der Waals surface area contributed by atoms with E-state index in [4.69, 9.17) is 0 Å². The van der Waals surface area contributed by atoms with Crippen molar-refractivity contribution < 1.29 is 18.4 Å². The maximum Gasteiger partial charge on any atom is 0.274 e. The molecule has 7 nitrogen and oxygen atoms in total.